The topological polar surface area (TPSA) is 15.3 Å². The lowest BCUT2D eigenvalue weighted by atomic mass is 10.1. The molecule has 0 radical (unpaired) electrons. The minimum absolute atomic E-state index is 0.199. The van der Waals surface area contributed by atoms with E-state index in [1.807, 2.05) is 14.1 Å². The lowest BCUT2D eigenvalue weighted by Gasteiger charge is -2.12. The van der Waals surface area contributed by atoms with E-state index in [0.29, 0.717) is 6.04 Å². The van der Waals surface area contributed by atoms with E-state index in [9.17, 15) is 4.39 Å². The second-order valence-electron chi connectivity index (χ2n) is 3.03. The number of likely N-dealkylation sites (tertiary alicyclic amines) is 1. The van der Waals surface area contributed by atoms with Crippen molar-refractivity contribution in [3.8, 4) is 0 Å². The van der Waals surface area contributed by atoms with Crippen molar-refractivity contribution < 1.29 is 4.39 Å². The monoisotopic (exact) mass is 146 g/mol. The Morgan fingerprint density at radius 2 is 2.30 bits per heavy atom. The maximum absolute atomic E-state index is 12.2. The lowest BCUT2D eigenvalue weighted by molar-refractivity contribution is 0.325. The van der Waals surface area contributed by atoms with E-state index in [4.69, 9.17) is 0 Å². The molecule has 0 amide bonds. The Labute approximate surface area is 61.4 Å². The zero-order valence-electron chi connectivity index (χ0n) is 6.60. The SMILES string of the molecule is CNC1CN(C)CC1CF. The summed E-state index contributed by atoms with van der Waals surface area (Å²) in [7, 11) is 3.92. The van der Waals surface area contributed by atoms with Crippen LogP contribution in [-0.2, 0) is 0 Å². The molecule has 1 heterocycles. The zero-order chi connectivity index (χ0) is 7.56. The Morgan fingerprint density at radius 3 is 2.70 bits per heavy atom. The average molecular weight is 146 g/mol. The number of likely N-dealkylation sites (N-methyl/N-ethyl adjacent to an activating group) is 2. The first kappa shape index (κ1) is 7.95. The summed E-state index contributed by atoms with van der Waals surface area (Å²) in [6.45, 7) is 1.67. The molecule has 1 aliphatic rings. The van der Waals surface area contributed by atoms with Crippen LogP contribution in [0.2, 0.25) is 0 Å². The van der Waals surface area contributed by atoms with Gasteiger partial charge in [-0.3, -0.25) is 4.39 Å². The maximum atomic E-state index is 12.2. The highest BCUT2D eigenvalue weighted by Gasteiger charge is 2.28. The minimum atomic E-state index is -0.199. The van der Waals surface area contributed by atoms with Gasteiger partial charge in [0, 0.05) is 25.0 Å². The summed E-state index contributed by atoms with van der Waals surface area (Å²) >= 11 is 0. The molecule has 0 aromatic heterocycles. The molecule has 0 aromatic carbocycles. The molecule has 1 fully saturated rings. The second kappa shape index (κ2) is 3.30. The third-order valence-corrected chi connectivity index (χ3v) is 2.19. The van der Waals surface area contributed by atoms with E-state index in [1.54, 1.807) is 0 Å². The summed E-state index contributed by atoms with van der Waals surface area (Å²) < 4.78 is 12.2. The van der Waals surface area contributed by atoms with E-state index in [0.717, 1.165) is 13.1 Å². The van der Waals surface area contributed by atoms with Crippen molar-refractivity contribution in [3.05, 3.63) is 0 Å². The Balaban J connectivity index is 2.41. The first-order valence-electron chi connectivity index (χ1n) is 3.69. The van der Waals surface area contributed by atoms with Crippen LogP contribution in [0.5, 0.6) is 0 Å². The largest absolute Gasteiger partial charge is 0.315 e. The van der Waals surface area contributed by atoms with Crippen LogP contribution in [0.25, 0.3) is 0 Å². The number of nitrogens with one attached hydrogen (secondary N) is 1. The summed E-state index contributed by atoms with van der Waals surface area (Å²) in [5.41, 5.74) is 0. The van der Waals surface area contributed by atoms with Gasteiger partial charge < -0.3 is 10.2 Å². The van der Waals surface area contributed by atoms with Crippen LogP contribution in [0.3, 0.4) is 0 Å². The molecule has 1 rings (SSSR count). The molecule has 1 saturated heterocycles. The third kappa shape index (κ3) is 1.47. The molecule has 1 N–H and O–H groups in total. The first-order chi connectivity index (χ1) is 4.77. The van der Waals surface area contributed by atoms with Crippen LogP contribution >= 0.6 is 0 Å². The number of halogens is 1. The molecule has 2 nitrogen and oxygen atoms in total. The van der Waals surface area contributed by atoms with Crippen LogP contribution in [0.1, 0.15) is 0 Å². The molecule has 60 valence electrons. The molecule has 0 aromatic rings. The fourth-order valence-corrected chi connectivity index (χ4v) is 1.57. The van der Waals surface area contributed by atoms with Crippen molar-refractivity contribution in [1.82, 2.24) is 10.2 Å². The van der Waals surface area contributed by atoms with Gasteiger partial charge in [-0.1, -0.05) is 0 Å². The van der Waals surface area contributed by atoms with E-state index in [-0.39, 0.29) is 12.6 Å². The molecule has 1 aliphatic heterocycles. The second-order valence-corrected chi connectivity index (χ2v) is 3.03. The molecule has 0 spiro atoms. The average Bonchev–Trinajstić information content (AvgIpc) is 2.30. The Bertz CT molecular complexity index is 95.8. The number of rotatable bonds is 2. The van der Waals surface area contributed by atoms with Crippen molar-refractivity contribution in [1.29, 1.82) is 0 Å². The number of nitrogens with zero attached hydrogens (tertiary/aromatic N) is 1. The molecular formula is C7H15FN2. The molecule has 0 bridgehead atoms. The van der Waals surface area contributed by atoms with Crippen molar-refractivity contribution in [3.63, 3.8) is 0 Å². The van der Waals surface area contributed by atoms with Gasteiger partial charge in [-0.15, -0.1) is 0 Å². The molecule has 0 aliphatic carbocycles. The van der Waals surface area contributed by atoms with Crippen LogP contribution in [0, 0.1) is 5.92 Å². The van der Waals surface area contributed by atoms with Gasteiger partial charge in [0.05, 0.1) is 6.67 Å². The van der Waals surface area contributed by atoms with Crippen molar-refractivity contribution >= 4 is 0 Å². The van der Waals surface area contributed by atoms with Crippen molar-refractivity contribution in [2.75, 3.05) is 33.9 Å². The highest BCUT2D eigenvalue weighted by atomic mass is 19.1. The normalized spacial score (nSPS) is 35.1. The third-order valence-electron chi connectivity index (χ3n) is 2.19. The fourth-order valence-electron chi connectivity index (χ4n) is 1.57. The Hall–Kier alpha value is -0.150. The van der Waals surface area contributed by atoms with Gasteiger partial charge in [-0.25, -0.2) is 0 Å². The first-order valence-corrected chi connectivity index (χ1v) is 3.69. The summed E-state index contributed by atoms with van der Waals surface area (Å²) in [6.07, 6.45) is 0. The van der Waals surface area contributed by atoms with Gasteiger partial charge in [0.25, 0.3) is 0 Å². The Morgan fingerprint density at radius 1 is 1.60 bits per heavy atom. The van der Waals surface area contributed by atoms with Crippen molar-refractivity contribution in [2.24, 2.45) is 5.92 Å². The van der Waals surface area contributed by atoms with Gasteiger partial charge in [0.2, 0.25) is 0 Å². The standard InChI is InChI=1S/C7H15FN2/c1-9-7-5-10(2)4-6(7)3-8/h6-7,9H,3-5H2,1-2H3. The number of hydrogen-bond acceptors (Lipinski definition) is 2. The highest BCUT2D eigenvalue weighted by molar-refractivity contribution is 4.86. The van der Waals surface area contributed by atoms with Gasteiger partial charge >= 0.3 is 0 Å². The van der Waals surface area contributed by atoms with E-state index < -0.39 is 0 Å². The van der Waals surface area contributed by atoms with Gasteiger partial charge in [-0.2, -0.15) is 0 Å². The van der Waals surface area contributed by atoms with Gasteiger partial charge in [0.1, 0.15) is 0 Å². The van der Waals surface area contributed by atoms with Crippen LogP contribution in [-0.4, -0.2) is 44.8 Å². The molecule has 2 atom stereocenters. The minimum Gasteiger partial charge on any atom is -0.315 e. The summed E-state index contributed by atoms with van der Waals surface area (Å²) in [5.74, 6) is 0.204. The van der Waals surface area contributed by atoms with Gasteiger partial charge in [0.15, 0.2) is 0 Å². The molecule has 2 unspecified atom stereocenters. The smallest absolute Gasteiger partial charge is 0.0950 e. The summed E-state index contributed by atoms with van der Waals surface area (Å²) in [5, 5.41) is 3.11. The zero-order valence-corrected chi connectivity index (χ0v) is 6.60. The highest BCUT2D eigenvalue weighted by Crippen LogP contribution is 2.14. The molecule has 10 heavy (non-hydrogen) atoms. The van der Waals surface area contributed by atoms with Crippen LogP contribution < -0.4 is 5.32 Å². The lowest BCUT2D eigenvalue weighted by Crippen LogP contribution is -2.33. The van der Waals surface area contributed by atoms with Gasteiger partial charge in [-0.05, 0) is 14.1 Å². The molecule has 3 heteroatoms. The van der Waals surface area contributed by atoms with E-state index in [1.165, 1.54) is 0 Å². The van der Waals surface area contributed by atoms with Crippen LogP contribution in [0.4, 0.5) is 4.39 Å². The molecular weight excluding hydrogens is 131 g/mol. The summed E-state index contributed by atoms with van der Waals surface area (Å²) in [6, 6.07) is 0.356. The van der Waals surface area contributed by atoms with Crippen LogP contribution in [0.15, 0.2) is 0 Å². The van der Waals surface area contributed by atoms with Crippen molar-refractivity contribution in [2.45, 2.75) is 6.04 Å². The fraction of sp³-hybridized carbons (Fsp3) is 1.00. The Kier molecular flexibility index (Phi) is 2.63. The predicted molar refractivity (Wildman–Crippen MR) is 39.8 cm³/mol. The predicted octanol–water partition coefficient (Wildman–Crippen LogP) is 0.105. The number of alkyl halides is 1. The summed E-state index contributed by atoms with van der Waals surface area (Å²) in [4.78, 5) is 2.16. The molecule has 0 saturated carbocycles. The van der Waals surface area contributed by atoms with E-state index >= 15 is 0 Å². The number of hydrogen-bond donors (Lipinski definition) is 1. The maximum Gasteiger partial charge on any atom is 0.0950 e. The quantitative estimate of drug-likeness (QED) is 0.594. The van der Waals surface area contributed by atoms with E-state index in [2.05, 4.69) is 10.2 Å².